The fourth-order valence-corrected chi connectivity index (χ4v) is 4.20. The second-order valence-corrected chi connectivity index (χ2v) is 7.78. The highest BCUT2D eigenvalue weighted by atomic mass is 35.5. The van der Waals surface area contributed by atoms with Crippen molar-refractivity contribution >= 4 is 23.2 Å². The quantitative estimate of drug-likeness (QED) is 0.750. The van der Waals surface area contributed by atoms with Crippen molar-refractivity contribution in [1.82, 2.24) is 9.91 Å². The highest BCUT2D eigenvalue weighted by Crippen LogP contribution is 2.34. The number of halogens is 2. The lowest BCUT2D eigenvalue weighted by Crippen LogP contribution is -2.40. The van der Waals surface area contributed by atoms with E-state index in [1.54, 1.807) is 6.07 Å². The molecule has 1 atom stereocenters. The van der Waals surface area contributed by atoms with Crippen LogP contribution in [0.15, 0.2) is 53.6 Å². The van der Waals surface area contributed by atoms with Crippen LogP contribution in [0.2, 0.25) is 5.02 Å². The maximum absolute atomic E-state index is 13.8. The average Bonchev–Trinajstić information content (AvgIpc) is 3.14. The fourth-order valence-electron chi connectivity index (χ4n) is 3.95. The maximum atomic E-state index is 13.8. The third-order valence-electron chi connectivity index (χ3n) is 5.39. The Morgan fingerprint density at radius 3 is 2.64 bits per heavy atom. The molecule has 0 radical (unpaired) electrons. The van der Waals surface area contributed by atoms with Crippen LogP contribution >= 0.6 is 11.6 Å². The molecule has 0 aromatic heterocycles. The van der Waals surface area contributed by atoms with Crippen LogP contribution in [0.4, 0.5) is 4.39 Å². The van der Waals surface area contributed by atoms with Crippen molar-refractivity contribution in [2.24, 2.45) is 5.10 Å². The molecule has 28 heavy (non-hydrogen) atoms. The van der Waals surface area contributed by atoms with E-state index < -0.39 is 0 Å². The monoisotopic (exact) mass is 399 g/mol. The Labute approximate surface area is 169 Å². The first-order valence-corrected chi connectivity index (χ1v) is 10.1. The van der Waals surface area contributed by atoms with Crippen molar-refractivity contribution in [3.63, 3.8) is 0 Å². The van der Waals surface area contributed by atoms with E-state index in [0.29, 0.717) is 18.0 Å². The van der Waals surface area contributed by atoms with Gasteiger partial charge < -0.3 is 0 Å². The van der Waals surface area contributed by atoms with E-state index in [1.807, 2.05) is 30.3 Å². The van der Waals surface area contributed by atoms with Gasteiger partial charge in [0, 0.05) is 17.0 Å². The number of piperidine rings is 1. The number of benzene rings is 2. The molecule has 2 aliphatic heterocycles. The summed E-state index contributed by atoms with van der Waals surface area (Å²) in [6.45, 7) is 2.21. The molecule has 2 aromatic carbocycles. The largest absolute Gasteiger partial charge is 0.294 e. The van der Waals surface area contributed by atoms with Gasteiger partial charge in [0.15, 0.2) is 0 Å². The van der Waals surface area contributed by atoms with Crippen molar-refractivity contribution < 1.29 is 9.18 Å². The highest BCUT2D eigenvalue weighted by Gasteiger charge is 2.34. The topological polar surface area (TPSA) is 35.9 Å². The van der Waals surface area contributed by atoms with Gasteiger partial charge in [0.05, 0.1) is 18.3 Å². The summed E-state index contributed by atoms with van der Waals surface area (Å²) in [6.07, 6.45) is 3.97. The van der Waals surface area contributed by atoms with Crippen molar-refractivity contribution in [3.8, 4) is 0 Å². The van der Waals surface area contributed by atoms with Crippen LogP contribution in [0.1, 0.15) is 42.9 Å². The Morgan fingerprint density at radius 1 is 1.11 bits per heavy atom. The number of hydrogen-bond donors (Lipinski definition) is 0. The first kappa shape index (κ1) is 19.1. The minimum Gasteiger partial charge on any atom is -0.294 e. The van der Waals surface area contributed by atoms with Crippen molar-refractivity contribution in [1.29, 1.82) is 0 Å². The summed E-state index contributed by atoms with van der Waals surface area (Å²) in [7, 11) is 0. The third-order valence-corrected chi connectivity index (χ3v) is 5.72. The summed E-state index contributed by atoms with van der Waals surface area (Å²) in [5, 5.41) is 6.77. The zero-order chi connectivity index (χ0) is 19.5. The molecular formula is C22H23ClFN3O. The van der Waals surface area contributed by atoms with Crippen molar-refractivity contribution in [3.05, 3.63) is 70.5 Å². The van der Waals surface area contributed by atoms with Crippen LogP contribution in [0, 0.1) is 5.82 Å². The highest BCUT2D eigenvalue weighted by molar-refractivity contribution is 6.34. The molecule has 4 nitrogen and oxygen atoms in total. The number of nitrogens with zero attached hydrogens (tertiary/aromatic N) is 3. The Kier molecular flexibility index (Phi) is 5.74. The lowest BCUT2D eigenvalue weighted by molar-refractivity contribution is -0.134. The summed E-state index contributed by atoms with van der Waals surface area (Å²) in [4.78, 5) is 15.3. The molecule has 0 bridgehead atoms. The average molecular weight is 400 g/mol. The van der Waals surface area contributed by atoms with E-state index in [2.05, 4.69) is 10.0 Å². The Balaban J connectivity index is 1.63. The molecule has 0 spiro atoms. The van der Waals surface area contributed by atoms with Gasteiger partial charge in [0.2, 0.25) is 0 Å². The maximum Gasteiger partial charge on any atom is 0.257 e. The summed E-state index contributed by atoms with van der Waals surface area (Å²) >= 11 is 6.35. The number of carbonyl (C=O) groups excluding carboxylic acids is 1. The van der Waals surface area contributed by atoms with Crippen LogP contribution in [-0.4, -0.2) is 41.2 Å². The minimum absolute atomic E-state index is 0.0572. The van der Waals surface area contributed by atoms with Gasteiger partial charge in [0.1, 0.15) is 5.82 Å². The van der Waals surface area contributed by atoms with Crippen LogP contribution in [-0.2, 0) is 4.79 Å². The van der Waals surface area contributed by atoms with E-state index in [0.717, 1.165) is 42.8 Å². The molecule has 6 heteroatoms. The summed E-state index contributed by atoms with van der Waals surface area (Å²) in [5.74, 6) is -0.370. The molecule has 2 aliphatic rings. The molecule has 4 rings (SSSR count). The standard InChI is InChI=1S/C22H23ClFN3O/c23-19-10-3-2-9-18(19)20-14-21(16-7-6-8-17(24)13-16)27(25-20)22(28)15-26-11-4-1-5-12-26/h2-3,6-10,13,21H,1,4-5,11-12,14-15H2/t21-/m1/s1. The molecule has 146 valence electrons. The van der Waals surface area contributed by atoms with Crippen molar-refractivity contribution in [2.45, 2.75) is 31.7 Å². The van der Waals surface area contributed by atoms with Crippen LogP contribution in [0.25, 0.3) is 0 Å². The molecule has 0 aliphatic carbocycles. The van der Waals surface area contributed by atoms with Crippen LogP contribution in [0.3, 0.4) is 0 Å². The minimum atomic E-state index is -0.320. The number of amides is 1. The molecule has 0 saturated carbocycles. The van der Waals surface area contributed by atoms with E-state index in [9.17, 15) is 9.18 Å². The number of rotatable bonds is 4. The van der Waals surface area contributed by atoms with E-state index >= 15 is 0 Å². The van der Waals surface area contributed by atoms with Crippen LogP contribution in [0.5, 0.6) is 0 Å². The van der Waals surface area contributed by atoms with E-state index in [1.165, 1.54) is 23.6 Å². The summed E-state index contributed by atoms with van der Waals surface area (Å²) < 4.78 is 13.8. The van der Waals surface area contributed by atoms with E-state index in [-0.39, 0.29) is 17.8 Å². The fraction of sp³-hybridized carbons (Fsp3) is 0.364. The Bertz CT molecular complexity index is 895. The molecule has 2 aromatic rings. The SMILES string of the molecule is O=C(CN1CCCCC1)N1N=C(c2ccccc2Cl)C[C@@H]1c1cccc(F)c1. The molecule has 1 saturated heterocycles. The molecule has 0 unspecified atom stereocenters. The van der Waals surface area contributed by atoms with Gasteiger partial charge in [-0.2, -0.15) is 5.10 Å². The normalized spacial score (nSPS) is 20.3. The second kappa shape index (κ2) is 8.41. The van der Waals surface area contributed by atoms with Gasteiger partial charge in [-0.15, -0.1) is 0 Å². The van der Waals surface area contributed by atoms with Crippen molar-refractivity contribution in [2.75, 3.05) is 19.6 Å². The Morgan fingerprint density at radius 2 is 1.89 bits per heavy atom. The van der Waals surface area contributed by atoms with Gasteiger partial charge in [-0.25, -0.2) is 9.40 Å². The van der Waals surface area contributed by atoms with Gasteiger partial charge in [-0.3, -0.25) is 9.69 Å². The summed E-state index contributed by atoms with van der Waals surface area (Å²) in [6, 6.07) is 13.6. The zero-order valence-corrected chi connectivity index (χ0v) is 16.4. The molecular weight excluding hydrogens is 377 g/mol. The molecule has 0 N–H and O–H groups in total. The predicted molar refractivity (Wildman–Crippen MR) is 109 cm³/mol. The van der Waals surface area contributed by atoms with E-state index in [4.69, 9.17) is 11.6 Å². The first-order valence-electron chi connectivity index (χ1n) is 9.74. The van der Waals surface area contributed by atoms with Gasteiger partial charge in [-0.1, -0.05) is 48.4 Å². The second-order valence-electron chi connectivity index (χ2n) is 7.38. The molecule has 2 heterocycles. The Hall–Kier alpha value is -2.24. The van der Waals surface area contributed by atoms with Gasteiger partial charge >= 0.3 is 0 Å². The lowest BCUT2D eigenvalue weighted by atomic mass is 9.98. The smallest absolute Gasteiger partial charge is 0.257 e. The third kappa shape index (κ3) is 4.10. The lowest BCUT2D eigenvalue weighted by Gasteiger charge is -2.29. The number of carbonyl (C=O) groups is 1. The molecule has 1 amide bonds. The first-order chi connectivity index (χ1) is 13.6. The number of hydrazone groups is 1. The zero-order valence-electron chi connectivity index (χ0n) is 15.7. The predicted octanol–water partition coefficient (Wildman–Crippen LogP) is 4.64. The summed E-state index contributed by atoms with van der Waals surface area (Å²) in [5.41, 5.74) is 2.32. The van der Waals surface area contributed by atoms with Crippen LogP contribution < -0.4 is 0 Å². The number of hydrogen-bond acceptors (Lipinski definition) is 3. The molecule has 1 fully saturated rings. The van der Waals surface area contributed by atoms with Gasteiger partial charge in [-0.05, 0) is 49.7 Å². The number of likely N-dealkylation sites (tertiary alicyclic amines) is 1. The van der Waals surface area contributed by atoms with Gasteiger partial charge in [0.25, 0.3) is 5.91 Å².